The molecule has 0 unspecified atom stereocenters. The van der Waals surface area contributed by atoms with Crippen molar-refractivity contribution in [2.45, 2.75) is 47.6 Å². The Morgan fingerprint density at radius 1 is 1.12 bits per heavy atom. The smallest absolute Gasteiger partial charge is 0.165 e. The summed E-state index contributed by atoms with van der Waals surface area (Å²) < 4.78 is 2.07. The Balaban J connectivity index is 1.79. The van der Waals surface area contributed by atoms with Crippen molar-refractivity contribution in [2.24, 2.45) is 0 Å². The molecule has 3 aromatic heterocycles. The van der Waals surface area contributed by atoms with Crippen molar-refractivity contribution < 1.29 is 0 Å². The Kier molecular flexibility index (Phi) is 4.46. The molecule has 3 rings (SSSR count). The highest BCUT2D eigenvalue weighted by atomic mass is 15.3. The van der Waals surface area contributed by atoms with Gasteiger partial charge in [-0.25, -0.2) is 15.0 Å². The molecule has 0 saturated heterocycles. The van der Waals surface area contributed by atoms with E-state index < -0.39 is 0 Å². The van der Waals surface area contributed by atoms with Crippen LogP contribution in [-0.4, -0.2) is 31.3 Å². The van der Waals surface area contributed by atoms with Crippen molar-refractivity contribution in [3.05, 3.63) is 40.6 Å². The second-order valence-electron chi connectivity index (χ2n) is 6.15. The van der Waals surface area contributed by atoms with E-state index in [0.717, 1.165) is 53.3 Å². The normalized spacial score (nSPS) is 11.2. The molecule has 0 aliphatic rings. The summed E-state index contributed by atoms with van der Waals surface area (Å²) in [5, 5.41) is 9.05. The molecule has 0 amide bonds. The maximum Gasteiger partial charge on any atom is 0.165 e. The van der Waals surface area contributed by atoms with Crippen molar-refractivity contribution in [2.75, 3.05) is 11.9 Å². The SMILES string of the molecule is CCc1c(C)nn(CCNc2ncnc3nc(C)cc(C)c23)c1C. The highest BCUT2D eigenvalue weighted by Gasteiger charge is 2.11. The Bertz CT molecular complexity index is 881. The first kappa shape index (κ1) is 16.4. The zero-order chi connectivity index (χ0) is 17.3. The quantitative estimate of drug-likeness (QED) is 0.781. The third-order valence-corrected chi connectivity index (χ3v) is 4.43. The lowest BCUT2D eigenvalue weighted by atomic mass is 10.1. The number of nitrogens with zero attached hydrogens (tertiary/aromatic N) is 5. The van der Waals surface area contributed by atoms with Gasteiger partial charge in [0.2, 0.25) is 0 Å². The molecule has 3 heterocycles. The number of fused-ring (bicyclic) bond motifs is 1. The second-order valence-corrected chi connectivity index (χ2v) is 6.15. The molecule has 0 fully saturated rings. The number of hydrogen-bond acceptors (Lipinski definition) is 5. The van der Waals surface area contributed by atoms with Crippen LogP contribution in [0.3, 0.4) is 0 Å². The summed E-state index contributed by atoms with van der Waals surface area (Å²) in [5.74, 6) is 0.835. The molecular weight excluding hydrogens is 300 g/mol. The van der Waals surface area contributed by atoms with Crippen molar-refractivity contribution in [3.8, 4) is 0 Å². The van der Waals surface area contributed by atoms with Gasteiger partial charge >= 0.3 is 0 Å². The van der Waals surface area contributed by atoms with E-state index in [2.05, 4.69) is 63.8 Å². The van der Waals surface area contributed by atoms with Gasteiger partial charge in [-0.05, 0) is 51.3 Å². The van der Waals surface area contributed by atoms with Crippen LogP contribution in [0, 0.1) is 27.7 Å². The van der Waals surface area contributed by atoms with Gasteiger partial charge in [-0.3, -0.25) is 4.68 Å². The van der Waals surface area contributed by atoms with Crippen molar-refractivity contribution in [1.82, 2.24) is 24.7 Å². The summed E-state index contributed by atoms with van der Waals surface area (Å²) in [6, 6.07) is 2.06. The van der Waals surface area contributed by atoms with Crippen LogP contribution in [0.25, 0.3) is 11.0 Å². The summed E-state index contributed by atoms with van der Waals surface area (Å²) in [6.07, 6.45) is 2.58. The summed E-state index contributed by atoms with van der Waals surface area (Å²) in [6.45, 7) is 12.0. The molecule has 126 valence electrons. The van der Waals surface area contributed by atoms with Crippen LogP contribution in [0.4, 0.5) is 5.82 Å². The first-order valence-corrected chi connectivity index (χ1v) is 8.37. The van der Waals surface area contributed by atoms with E-state index in [0.29, 0.717) is 0 Å². The number of aryl methyl sites for hydroxylation is 3. The Morgan fingerprint density at radius 2 is 1.92 bits per heavy atom. The Morgan fingerprint density at radius 3 is 2.62 bits per heavy atom. The summed E-state index contributed by atoms with van der Waals surface area (Å²) in [4.78, 5) is 13.2. The monoisotopic (exact) mass is 324 g/mol. The number of pyridine rings is 1. The van der Waals surface area contributed by atoms with Crippen LogP contribution in [0.1, 0.15) is 35.1 Å². The van der Waals surface area contributed by atoms with Gasteiger partial charge in [-0.15, -0.1) is 0 Å². The molecule has 0 spiro atoms. The minimum Gasteiger partial charge on any atom is -0.368 e. The third kappa shape index (κ3) is 2.96. The predicted octanol–water partition coefficient (Wildman–Crippen LogP) is 3.13. The van der Waals surface area contributed by atoms with Gasteiger partial charge in [0.05, 0.1) is 17.6 Å². The minimum absolute atomic E-state index is 0.740. The molecule has 0 saturated carbocycles. The number of hydrogen-bond donors (Lipinski definition) is 1. The van der Waals surface area contributed by atoms with E-state index in [9.17, 15) is 0 Å². The second kappa shape index (κ2) is 6.55. The van der Waals surface area contributed by atoms with Crippen LogP contribution in [0.2, 0.25) is 0 Å². The molecule has 0 aliphatic carbocycles. The Labute approximate surface area is 142 Å². The Hall–Kier alpha value is -2.50. The van der Waals surface area contributed by atoms with Crippen molar-refractivity contribution in [3.63, 3.8) is 0 Å². The number of anilines is 1. The fourth-order valence-electron chi connectivity index (χ4n) is 3.29. The highest BCUT2D eigenvalue weighted by Crippen LogP contribution is 2.22. The van der Waals surface area contributed by atoms with E-state index in [-0.39, 0.29) is 0 Å². The molecule has 6 heteroatoms. The van der Waals surface area contributed by atoms with Gasteiger partial charge in [0.15, 0.2) is 5.65 Å². The maximum atomic E-state index is 4.64. The van der Waals surface area contributed by atoms with Crippen LogP contribution in [-0.2, 0) is 13.0 Å². The van der Waals surface area contributed by atoms with Crippen LogP contribution >= 0.6 is 0 Å². The fraction of sp³-hybridized carbons (Fsp3) is 0.444. The van der Waals surface area contributed by atoms with E-state index in [1.54, 1.807) is 6.33 Å². The predicted molar refractivity (Wildman–Crippen MR) is 96.4 cm³/mol. The number of nitrogens with one attached hydrogen (secondary N) is 1. The van der Waals surface area contributed by atoms with Gasteiger partial charge in [-0.2, -0.15) is 5.10 Å². The fourth-order valence-corrected chi connectivity index (χ4v) is 3.29. The number of rotatable bonds is 5. The van der Waals surface area contributed by atoms with Crippen molar-refractivity contribution >= 4 is 16.9 Å². The first-order chi connectivity index (χ1) is 11.5. The molecule has 24 heavy (non-hydrogen) atoms. The lowest BCUT2D eigenvalue weighted by Gasteiger charge is -2.11. The lowest BCUT2D eigenvalue weighted by Crippen LogP contribution is -2.14. The standard InChI is InChI=1S/C18H24N6/c1-6-15-13(4)23-24(14(15)5)8-7-19-17-16-11(2)9-12(3)22-18(16)21-10-20-17/h9-10H,6-8H2,1-5H3,(H,19,20,21,22). The van der Waals surface area contributed by atoms with Gasteiger partial charge in [-0.1, -0.05) is 6.92 Å². The molecule has 3 aromatic rings. The molecule has 0 aromatic carbocycles. The topological polar surface area (TPSA) is 68.5 Å². The minimum atomic E-state index is 0.740. The van der Waals surface area contributed by atoms with Gasteiger partial charge < -0.3 is 5.32 Å². The van der Waals surface area contributed by atoms with Crippen LogP contribution < -0.4 is 5.32 Å². The molecule has 0 bridgehead atoms. The van der Waals surface area contributed by atoms with Gasteiger partial charge in [0, 0.05) is 17.9 Å². The molecular formula is C18H24N6. The molecule has 0 aliphatic heterocycles. The molecule has 0 atom stereocenters. The molecule has 0 radical (unpaired) electrons. The molecule has 1 N–H and O–H groups in total. The maximum absolute atomic E-state index is 4.64. The van der Waals surface area contributed by atoms with Crippen LogP contribution in [0.5, 0.6) is 0 Å². The largest absolute Gasteiger partial charge is 0.368 e. The number of aromatic nitrogens is 5. The highest BCUT2D eigenvalue weighted by molar-refractivity contribution is 5.89. The average Bonchev–Trinajstić information content (AvgIpc) is 2.80. The lowest BCUT2D eigenvalue weighted by molar-refractivity contribution is 0.614. The summed E-state index contributed by atoms with van der Waals surface area (Å²) in [5.41, 5.74) is 6.57. The van der Waals surface area contributed by atoms with E-state index in [1.165, 1.54) is 11.3 Å². The van der Waals surface area contributed by atoms with Gasteiger partial charge in [0.25, 0.3) is 0 Å². The average molecular weight is 324 g/mol. The van der Waals surface area contributed by atoms with Crippen molar-refractivity contribution in [1.29, 1.82) is 0 Å². The third-order valence-electron chi connectivity index (χ3n) is 4.43. The van der Waals surface area contributed by atoms with E-state index in [1.807, 2.05) is 6.92 Å². The van der Waals surface area contributed by atoms with E-state index >= 15 is 0 Å². The zero-order valence-corrected chi connectivity index (χ0v) is 15.0. The van der Waals surface area contributed by atoms with Gasteiger partial charge in [0.1, 0.15) is 12.1 Å². The first-order valence-electron chi connectivity index (χ1n) is 8.37. The zero-order valence-electron chi connectivity index (χ0n) is 15.0. The van der Waals surface area contributed by atoms with E-state index in [4.69, 9.17) is 0 Å². The van der Waals surface area contributed by atoms with Crippen LogP contribution in [0.15, 0.2) is 12.4 Å². The molecule has 6 nitrogen and oxygen atoms in total. The summed E-state index contributed by atoms with van der Waals surface area (Å²) >= 11 is 0. The summed E-state index contributed by atoms with van der Waals surface area (Å²) in [7, 11) is 0.